The molecule has 1 fully saturated rings. The van der Waals surface area contributed by atoms with E-state index in [9.17, 15) is 9.90 Å². The summed E-state index contributed by atoms with van der Waals surface area (Å²) in [6.07, 6.45) is 0.571. The Kier molecular flexibility index (Phi) is 5.24. The summed E-state index contributed by atoms with van der Waals surface area (Å²) in [6, 6.07) is 13.0. The molecule has 2 N–H and O–H groups in total. The molecule has 2 aromatic carbocycles. The summed E-state index contributed by atoms with van der Waals surface area (Å²) in [5.74, 6) is 0.908. The molecule has 0 amide bonds. The van der Waals surface area contributed by atoms with E-state index in [0.29, 0.717) is 36.0 Å². The summed E-state index contributed by atoms with van der Waals surface area (Å²) < 4.78 is 6.10. The van der Waals surface area contributed by atoms with Crippen molar-refractivity contribution in [3.63, 3.8) is 0 Å². The second-order valence-corrected chi connectivity index (χ2v) is 7.44. The van der Waals surface area contributed by atoms with E-state index in [0.717, 1.165) is 23.6 Å². The molecular formula is C21H22ClN3O3. The van der Waals surface area contributed by atoms with Crippen LogP contribution in [-0.4, -0.2) is 47.5 Å². The lowest BCUT2D eigenvalue weighted by Crippen LogP contribution is -2.56. The molecule has 1 saturated heterocycles. The van der Waals surface area contributed by atoms with Crippen LogP contribution in [0.4, 0.5) is 5.69 Å². The molecule has 0 saturated carbocycles. The van der Waals surface area contributed by atoms with Crippen molar-refractivity contribution in [2.24, 2.45) is 10.9 Å². The van der Waals surface area contributed by atoms with Gasteiger partial charge in [-0.15, -0.1) is 0 Å². The lowest BCUT2D eigenvalue weighted by molar-refractivity contribution is -0.143. The number of carbonyl (C=O) groups is 1. The van der Waals surface area contributed by atoms with Crippen molar-refractivity contribution in [2.75, 3.05) is 19.6 Å². The Morgan fingerprint density at radius 2 is 2.18 bits per heavy atom. The molecule has 2 unspecified atom stereocenters. The van der Waals surface area contributed by atoms with Crippen LogP contribution in [0.1, 0.15) is 18.9 Å². The van der Waals surface area contributed by atoms with Crippen molar-refractivity contribution in [3.05, 3.63) is 53.1 Å². The Morgan fingerprint density at radius 3 is 2.96 bits per heavy atom. The smallest absolute Gasteiger partial charge is 0.308 e. The van der Waals surface area contributed by atoms with E-state index in [2.05, 4.69) is 10.2 Å². The van der Waals surface area contributed by atoms with Crippen LogP contribution in [0, 0.1) is 5.92 Å². The predicted molar refractivity (Wildman–Crippen MR) is 109 cm³/mol. The number of hydrogen-bond acceptors (Lipinski definition) is 5. The van der Waals surface area contributed by atoms with Crippen LogP contribution in [0.3, 0.4) is 0 Å². The van der Waals surface area contributed by atoms with Gasteiger partial charge in [-0.25, -0.2) is 4.99 Å². The number of ether oxygens (including phenoxy) is 1. The molecule has 2 aliphatic rings. The minimum absolute atomic E-state index is 0.152. The van der Waals surface area contributed by atoms with E-state index in [1.54, 1.807) is 6.07 Å². The zero-order chi connectivity index (χ0) is 19.7. The number of amidine groups is 1. The average Bonchev–Trinajstić information content (AvgIpc) is 2.85. The van der Waals surface area contributed by atoms with Gasteiger partial charge in [0.2, 0.25) is 0 Å². The van der Waals surface area contributed by atoms with Gasteiger partial charge in [-0.2, -0.15) is 0 Å². The van der Waals surface area contributed by atoms with Crippen molar-refractivity contribution in [1.82, 2.24) is 10.2 Å². The average molecular weight is 400 g/mol. The monoisotopic (exact) mass is 399 g/mol. The molecule has 0 aromatic heterocycles. The van der Waals surface area contributed by atoms with Gasteiger partial charge in [0.05, 0.1) is 11.5 Å². The first kappa shape index (κ1) is 18.8. The fourth-order valence-corrected chi connectivity index (χ4v) is 3.98. The van der Waals surface area contributed by atoms with Crippen LogP contribution in [0.25, 0.3) is 0 Å². The highest BCUT2D eigenvalue weighted by Gasteiger charge is 2.33. The number of nitrogens with zero attached hydrogens (tertiary/aromatic N) is 2. The van der Waals surface area contributed by atoms with Crippen molar-refractivity contribution in [3.8, 4) is 11.5 Å². The van der Waals surface area contributed by atoms with Crippen LogP contribution >= 0.6 is 11.6 Å². The summed E-state index contributed by atoms with van der Waals surface area (Å²) in [5, 5.41) is 13.5. The third-order valence-corrected chi connectivity index (χ3v) is 5.48. The topological polar surface area (TPSA) is 74.2 Å². The zero-order valence-corrected chi connectivity index (χ0v) is 16.3. The number of aliphatic carboxylic acids is 1. The summed E-state index contributed by atoms with van der Waals surface area (Å²) in [6.45, 7) is 3.87. The van der Waals surface area contributed by atoms with Gasteiger partial charge in [-0.3, -0.25) is 4.79 Å². The highest BCUT2D eigenvalue weighted by Crippen LogP contribution is 2.39. The maximum atomic E-state index is 11.6. The fourth-order valence-electron chi connectivity index (χ4n) is 3.81. The number of carboxylic acids is 1. The van der Waals surface area contributed by atoms with Gasteiger partial charge in [-0.05, 0) is 36.8 Å². The van der Waals surface area contributed by atoms with E-state index in [1.165, 1.54) is 0 Å². The van der Waals surface area contributed by atoms with Gasteiger partial charge < -0.3 is 20.1 Å². The van der Waals surface area contributed by atoms with Gasteiger partial charge in [-0.1, -0.05) is 30.7 Å². The summed E-state index contributed by atoms with van der Waals surface area (Å²) in [4.78, 5) is 18.7. The third kappa shape index (κ3) is 3.57. The SMILES string of the molecule is CCC(C(=O)O)C1CN(C2=Nc3ccccc3Oc3ccc(Cl)cc32)CCN1. The Morgan fingerprint density at radius 1 is 1.36 bits per heavy atom. The Bertz CT molecular complexity index is 931. The van der Waals surface area contributed by atoms with Crippen molar-refractivity contribution in [1.29, 1.82) is 0 Å². The van der Waals surface area contributed by atoms with Gasteiger partial charge in [0.1, 0.15) is 17.3 Å². The largest absolute Gasteiger partial charge is 0.481 e. The fraction of sp³-hybridized carbons (Fsp3) is 0.333. The highest BCUT2D eigenvalue weighted by molar-refractivity contribution is 6.31. The molecule has 2 aliphatic heterocycles. The van der Waals surface area contributed by atoms with Gasteiger partial charge in [0.15, 0.2) is 5.75 Å². The summed E-state index contributed by atoms with van der Waals surface area (Å²) >= 11 is 6.27. The number of rotatable bonds is 3. The highest BCUT2D eigenvalue weighted by atomic mass is 35.5. The van der Waals surface area contributed by atoms with Crippen LogP contribution in [-0.2, 0) is 4.79 Å². The molecule has 4 rings (SSSR count). The van der Waals surface area contributed by atoms with Crippen LogP contribution in [0.15, 0.2) is 47.5 Å². The van der Waals surface area contributed by atoms with Gasteiger partial charge >= 0.3 is 5.97 Å². The molecule has 2 heterocycles. The number of halogens is 1. The lowest BCUT2D eigenvalue weighted by Gasteiger charge is -2.38. The molecule has 0 aliphatic carbocycles. The number of hydrogen-bond donors (Lipinski definition) is 2. The molecule has 2 aromatic rings. The molecular weight excluding hydrogens is 378 g/mol. The standard InChI is InChI=1S/C21H22ClN3O3/c1-2-14(21(26)27)17-12-25(10-9-23-17)20-15-11-13(22)7-8-18(15)28-19-6-4-3-5-16(19)24-20/h3-8,11,14,17,23H,2,9-10,12H2,1H3,(H,26,27). The Balaban J connectivity index is 1.75. The van der Waals surface area contributed by atoms with Crippen molar-refractivity contribution >= 4 is 29.1 Å². The van der Waals surface area contributed by atoms with E-state index < -0.39 is 11.9 Å². The second-order valence-electron chi connectivity index (χ2n) is 7.01. The Labute approximate surface area is 168 Å². The molecule has 0 radical (unpaired) electrons. The molecule has 146 valence electrons. The quantitative estimate of drug-likeness (QED) is 0.818. The molecule has 2 atom stereocenters. The van der Waals surface area contributed by atoms with Crippen molar-refractivity contribution in [2.45, 2.75) is 19.4 Å². The maximum absolute atomic E-state index is 11.6. The first-order chi connectivity index (χ1) is 13.6. The number of fused-ring (bicyclic) bond motifs is 2. The van der Waals surface area contributed by atoms with E-state index in [4.69, 9.17) is 21.3 Å². The van der Waals surface area contributed by atoms with Gasteiger partial charge in [0.25, 0.3) is 0 Å². The first-order valence-electron chi connectivity index (χ1n) is 9.43. The summed E-state index contributed by atoms with van der Waals surface area (Å²) in [5.41, 5.74) is 1.55. The number of nitrogens with one attached hydrogen (secondary N) is 1. The van der Waals surface area contributed by atoms with Crippen LogP contribution < -0.4 is 10.1 Å². The second kappa shape index (κ2) is 7.81. The van der Waals surface area contributed by atoms with E-state index in [1.807, 2.05) is 43.3 Å². The minimum Gasteiger partial charge on any atom is -0.481 e. The summed E-state index contributed by atoms with van der Waals surface area (Å²) in [7, 11) is 0. The zero-order valence-electron chi connectivity index (χ0n) is 15.6. The minimum atomic E-state index is -0.776. The van der Waals surface area contributed by atoms with Crippen LogP contribution in [0.2, 0.25) is 5.02 Å². The molecule has 0 spiro atoms. The Hall–Kier alpha value is -2.57. The molecule has 7 heteroatoms. The predicted octanol–water partition coefficient (Wildman–Crippen LogP) is 3.91. The van der Waals surface area contributed by atoms with Crippen LogP contribution in [0.5, 0.6) is 11.5 Å². The van der Waals surface area contributed by atoms with Crippen molar-refractivity contribution < 1.29 is 14.6 Å². The van der Waals surface area contributed by atoms with E-state index in [-0.39, 0.29) is 6.04 Å². The molecule has 0 bridgehead atoms. The number of aliphatic imine (C=N–C) groups is 1. The third-order valence-electron chi connectivity index (χ3n) is 5.24. The number of carboxylic acid groups (broad SMARTS) is 1. The van der Waals surface area contributed by atoms with E-state index >= 15 is 0 Å². The molecule has 28 heavy (non-hydrogen) atoms. The normalized spacial score (nSPS) is 19.6. The first-order valence-corrected chi connectivity index (χ1v) is 9.81. The number of benzene rings is 2. The lowest BCUT2D eigenvalue weighted by atomic mass is 9.94. The van der Waals surface area contributed by atoms with Gasteiger partial charge in [0, 0.05) is 30.7 Å². The number of para-hydroxylation sites is 2. The molecule has 6 nitrogen and oxygen atoms in total. The maximum Gasteiger partial charge on any atom is 0.308 e. The number of piperazine rings is 1.